The summed E-state index contributed by atoms with van der Waals surface area (Å²) in [5, 5.41) is 0. The van der Waals surface area contributed by atoms with Crippen molar-refractivity contribution in [1.82, 2.24) is 4.90 Å². The number of nitrogens with zero attached hydrogens (tertiary/aromatic N) is 2. The molecule has 1 saturated heterocycles. The van der Waals surface area contributed by atoms with Gasteiger partial charge >= 0.3 is 0 Å². The van der Waals surface area contributed by atoms with E-state index in [1.807, 2.05) is 0 Å². The molecule has 2 heteroatoms. The van der Waals surface area contributed by atoms with E-state index in [9.17, 15) is 0 Å². The summed E-state index contributed by atoms with van der Waals surface area (Å²) in [6, 6.07) is 8.71. The standard InChI is InChI=1S/C17H26N2/c1-15-6-4-12-19(14-15)13-5-7-16-8-10-17(11-9-16)18(2)3/h5,7-11,15H,4,6,12-14H2,1-3H3/b7-5+/t15-/m0/s1. The van der Waals surface area contributed by atoms with E-state index < -0.39 is 0 Å². The number of benzene rings is 1. The van der Waals surface area contributed by atoms with Gasteiger partial charge in [-0.2, -0.15) is 0 Å². The van der Waals surface area contributed by atoms with Gasteiger partial charge in [-0.15, -0.1) is 0 Å². The van der Waals surface area contributed by atoms with Crippen molar-refractivity contribution in [3.05, 3.63) is 35.9 Å². The Bertz CT molecular complexity index is 406. The van der Waals surface area contributed by atoms with E-state index >= 15 is 0 Å². The SMILES string of the molecule is C[C@H]1CCCN(C/C=C/c2ccc(N(C)C)cc2)C1. The fourth-order valence-electron chi connectivity index (χ4n) is 2.67. The highest BCUT2D eigenvalue weighted by molar-refractivity contribution is 5.55. The van der Waals surface area contributed by atoms with Crippen molar-refractivity contribution in [2.24, 2.45) is 5.92 Å². The Labute approximate surface area is 117 Å². The minimum absolute atomic E-state index is 0.863. The maximum atomic E-state index is 2.55. The van der Waals surface area contributed by atoms with Gasteiger partial charge in [-0.3, -0.25) is 4.90 Å². The van der Waals surface area contributed by atoms with Crippen molar-refractivity contribution >= 4 is 11.8 Å². The number of anilines is 1. The third-order valence-electron chi connectivity index (χ3n) is 3.82. The van der Waals surface area contributed by atoms with Gasteiger partial charge in [-0.25, -0.2) is 0 Å². The summed E-state index contributed by atoms with van der Waals surface area (Å²) in [5.41, 5.74) is 2.54. The smallest absolute Gasteiger partial charge is 0.0361 e. The molecule has 1 aromatic carbocycles. The summed E-state index contributed by atoms with van der Waals surface area (Å²) in [6.45, 7) is 5.95. The molecule has 0 bridgehead atoms. The quantitative estimate of drug-likeness (QED) is 0.815. The Kier molecular flexibility index (Phi) is 5.03. The van der Waals surface area contributed by atoms with Crippen molar-refractivity contribution in [2.75, 3.05) is 38.6 Å². The highest BCUT2D eigenvalue weighted by atomic mass is 15.1. The summed E-state index contributed by atoms with van der Waals surface area (Å²) < 4.78 is 0. The van der Waals surface area contributed by atoms with Gasteiger partial charge in [0.05, 0.1) is 0 Å². The summed E-state index contributed by atoms with van der Waals surface area (Å²) in [7, 11) is 4.14. The number of likely N-dealkylation sites (tertiary alicyclic amines) is 1. The van der Waals surface area contributed by atoms with E-state index in [0.29, 0.717) is 0 Å². The highest BCUT2D eigenvalue weighted by Crippen LogP contribution is 2.16. The van der Waals surface area contributed by atoms with Crippen LogP contribution < -0.4 is 4.90 Å². The lowest BCUT2D eigenvalue weighted by atomic mass is 10.0. The largest absolute Gasteiger partial charge is 0.378 e. The topological polar surface area (TPSA) is 6.48 Å². The van der Waals surface area contributed by atoms with Crippen LogP contribution in [0.25, 0.3) is 6.08 Å². The fraction of sp³-hybridized carbons (Fsp3) is 0.529. The van der Waals surface area contributed by atoms with Crippen LogP contribution in [0.3, 0.4) is 0 Å². The minimum Gasteiger partial charge on any atom is -0.378 e. The Morgan fingerprint density at radius 1 is 1.26 bits per heavy atom. The maximum absolute atomic E-state index is 2.55. The molecule has 0 aromatic heterocycles. The van der Waals surface area contributed by atoms with Gasteiger partial charge in [0.1, 0.15) is 0 Å². The first kappa shape index (κ1) is 14.1. The van der Waals surface area contributed by atoms with Gasteiger partial charge in [0, 0.05) is 32.9 Å². The Hall–Kier alpha value is -1.28. The molecule has 1 fully saturated rings. The zero-order valence-corrected chi connectivity index (χ0v) is 12.5. The molecule has 104 valence electrons. The van der Waals surface area contributed by atoms with Gasteiger partial charge in [0.15, 0.2) is 0 Å². The second kappa shape index (κ2) is 6.76. The number of rotatable bonds is 4. The highest BCUT2D eigenvalue weighted by Gasteiger charge is 2.14. The molecule has 0 N–H and O–H groups in total. The van der Waals surface area contributed by atoms with Crippen molar-refractivity contribution in [3.8, 4) is 0 Å². The molecule has 0 saturated carbocycles. The minimum atomic E-state index is 0.863. The zero-order valence-electron chi connectivity index (χ0n) is 12.5. The van der Waals surface area contributed by atoms with Crippen LogP contribution in [0.2, 0.25) is 0 Å². The molecule has 2 rings (SSSR count). The molecule has 1 aliphatic heterocycles. The molecular formula is C17H26N2. The number of hydrogen-bond donors (Lipinski definition) is 0. The third-order valence-corrected chi connectivity index (χ3v) is 3.82. The molecule has 2 nitrogen and oxygen atoms in total. The normalized spacial score (nSPS) is 20.9. The van der Waals surface area contributed by atoms with E-state index in [1.54, 1.807) is 0 Å². The number of piperidine rings is 1. The molecule has 0 amide bonds. The number of hydrogen-bond acceptors (Lipinski definition) is 2. The molecule has 19 heavy (non-hydrogen) atoms. The van der Waals surface area contributed by atoms with E-state index in [-0.39, 0.29) is 0 Å². The van der Waals surface area contributed by atoms with E-state index in [2.05, 4.69) is 67.2 Å². The van der Waals surface area contributed by atoms with Crippen LogP contribution in [0.15, 0.2) is 30.3 Å². The van der Waals surface area contributed by atoms with Crippen LogP contribution in [0.4, 0.5) is 5.69 Å². The molecular weight excluding hydrogens is 232 g/mol. The van der Waals surface area contributed by atoms with Crippen molar-refractivity contribution in [3.63, 3.8) is 0 Å². The lowest BCUT2D eigenvalue weighted by Crippen LogP contribution is -2.34. The summed E-state index contributed by atoms with van der Waals surface area (Å²) in [5.74, 6) is 0.863. The van der Waals surface area contributed by atoms with Crippen LogP contribution in [-0.4, -0.2) is 38.6 Å². The molecule has 0 radical (unpaired) electrons. The first-order valence-electron chi connectivity index (χ1n) is 7.31. The van der Waals surface area contributed by atoms with Gasteiger partial charge in [-0.1, -0.05) is 31.2 Å². The van der Waals surface area contributed by atoms with Crippen LogP contribution in [-0.2, 0) is 0 Å². The Morgan fingerprint density at radius 3 is 2.63 bits per heavy atom. The molecule has 0 aliphatic carbocycles. The van der Waals surface area contributed by atoms with Crippen LogP contribution in [0, 0.1) is 5.92 Å². The molecule has 1 heterocycles. The first-order valence-corrected chi connectivity index (χ1v) is 7.31. The molecule has 1 atom stereocenters. The first-order chi connectivity index (χ1) is 9.15. The predicted octanol–water partition coefficient (Wildman–Crippen LogP) is 3.50. The lowest BCUT2D eigenvalue weighted by Gasteiger charge is -2.29. The van der Waals surface area contributed by atoms with Crippen molar-refractivity contribution in [1.29, 1.82) is 0 Å². The lowest BCUT2D eigenvalue weighted by molar-refractivity contribution is 0.202. The van der Waals surface area contributed by atoms with Crippen molar-refractivity contribution in [2.45, 2.75) is 19.8 Å². The molecule has 0 spiro atoms. The summed E-state index contributed by atoms with van der Waals surface area (Å²) in [6.07, 6.45) is 7.28. The molecule has 0 unspecified atom stereocenters. The van der Waals surface area contributed by atoms with E-state index in [4.69, 9.17) is 0 Å². The summed E-state index contributed by atoms with van der Waals surface area (Å²) in [4.78, 5) is 4.68. The third kappa shape index (κ3) is 4.39. The molecule has 1 aromatic rings. The average molecular weight is 258 g/mol. The van der Waals surface area contributed by atoms with Crippen molar-refractivity contribution < 1.29 is 0 Å². The Morgan fingerprint density at radius 2 is 2.00 bits per heavy atom. The monoisotopic (exact) mass is 258 g/mol. The predicted molar refractivity (Wildman–Crippen MR) is 84.6 cm³/mol. The summed E-state index contributed by atoms with van der Waals surface area (Å²) >= 11 is 0. The van der Waals surface area contributed by atoms with E-state index in [0.717, 1.165) is 12.5 Å². The average Bonchev–Trinajstić information content (AvgIpc) is 2.39. The zero-order chi connectivity index (χ0) is 13.7. The second-order valence-corrected chi connectivity index (χ2v) is 5.90. The molecule has 1 aliphatic rings. The van der Waals surface area contributed by atoms with Gasteiger partial charge < -0.3 is 4.90 Å². The van der Waals surface area contributed by atoms with Gasteiger partial charge in [0.2, 0.25) is 0 Å². The maximum Gasteiger partial charge on any atom is 0.0361 e. The second-order valence-electron chi connectivity index (χ2n) is 5.90. The fourth-order valence-corrected chi connectivity index (χ4v) is 2.67. The Balaban J connectivity index is 1.84. The van der Waals surface area contributed by atoms with Crippen LogP contribution >= 0.6 is 0 Å². The van der Waals surface area contributed by atoms with Crippen LogP contribution in [0.5, 0.6) is 0 Å². The van der Waals surface area contributed by atoms with Gasteiger partial charge in [0.25, 0.3) is 0 Å². The van der Waals surface area contributed by atoms with E-state index in [1.165, 1.54) is 37.2 Å². The van der Waals surface area contributed by atoms with Crippen LogP contribution in [0.1, 0.15) is 25.3 Å². The van der Waals surface area contributed by atoms with Gasteiger partial charge in [-0.05, 0) is 43.0 Å².